The molecule has 0 aliphatic rings. The first-order valence-electron chi connectivity index (χ1n) is 21.3. The van der Waals surface area contributed by atoms with Gasteiger partial charge in [-0.25, -0.2) is 32.6 Å². The van der Waals surface area contributed by atoms with E-state index in [0.717, 1.165) is 5.69 Å². The number of aromatic amines is 1. The monoisotopic (exact) mass is 977 g/mol. The Morgan fingerprint density at radius 1 is 0.797 bits per heavy atom. The fraction of sp³-hybridized carbons (Fsp3) is 0.429. The van der Waals surface area contributed by atoms with Crippen LogP contribution >= 0.6 is 0 Å². The summed E-state index contributed by atoms with van der Waals surface area (Å²) in [5.41, 5.74) is 7.20. The summed E-state index contributed by atoms with van der Waals surface area (Å²) in [6.07, 6.45) is 4.44. The van der Waals surface area contributed by atoms with Crippen molar-refractivity contribution >= 4 is 46.6 Å². The van der Waals surface area contributed by atoms with E-state index in [4.69, 9.17) is 24.7 Å². The van der Waals surface area contributed by atoms with E-state index in [1.807, 2.05) is 0 Å². The highest BCUT2D eigenvalue weighted by molar-refractivity contribution is 5.97. The number of carbonyl (C=O) groups is 4. The number of fused-ring (bicyclic) bond motifs is 1. The molecular formula is C42H48F5N11O11. The van der Waals surface area contributed by atoms with E-state index in [1.54, 1.807) is 23.0 Å². The second-order valence-corrected chi connectivity index (χ2v) is 14.7. The molecule has 0 saturated heterocycles. The lowest BCUT2D eigenvalue weighted by Crippen LogP contribution is -2.41. The molecule has 22 nitrogen and oxygen atoms in total. The molecule has 27 heteroatoms. The smallest absolute Gasteiger partial charge is 0.326 e. The van der Waals surface area contributed by atoms with E-state index in [-0.39, 0.29) is 81.0 Å². The molecule has 0 bridgehead atoms. The van der Waals surface area contributed by atoms with Crippen molar-refractivity contribution in [1.29, 1.82) is 0 Å². The number of ether oxygens (including phenoxy) is 5. The van der Waals surface area contributed by atoms with Crippen molar-refractivity contribution in [2.24, 2.45) is 0 Å². The number of hydrogen-bond donors (Lipinski definition) is 6. The van der Waals surface area contributed by atoms with Crippen molar-refractivity contribution in [1.82, 2.24) is 45.6 Å². The molecule has 1 atom stereocenters. The van der Waals surface area contributed by atoms with Crippen LogP contribution in [0.2, 0.25) is 0 Å². The summed E-state index contributed by atoms with van der Waals surface area (Å²) in [5.74, 6) is -16.6. The standard InChI is InChI=1S/C42H48F5N11O11/c43-31-32(44)34(46)37(35(47)33(31)45)69-30(60)10-13-65-15-17-67-19-20-68-18-16-66-14-12-58-23-26(56-57-58)3-1-2-11-49-29(59)9-8-28(41(63)64)53-39(61)24-4-6-25(7-5-24)50-21-27-22-51-38-36(52-27)40(62)55-42(48)54-38/h4-7,22-23,28,50H,1-3,8-21H2,(H,49,59)(H,53,61)(H,63,64)(H3,48,51,54,55,62)/t28-/m0/s1. The molecule has 69 heavy (non-hydrogen) atoms. The van der Waals surface area contributed by atoms with Crippen molar-refractivity contribution in [3.63, 3.8) is 0 Å². The van der Waals surface area contributed by atoms with Crippen LogP contribution in [-0.2, 0) is 52.8 Å². The second kappa shape index (κ2) is 26.9. The Kier molecular flexibility index (Phi) is 20.6. The minimum atomic E-state index is -2.37. The predicted molar refractivity (Wildman–Crippen MR) is 230 cm³/mol. The van der Waals surface area contributed by atoms with Crippen molar-refractivity contribution < 1.29 is 69.9 Å². The highest BCUT2D eigenvalue weighted by Crippen LogP contribution is 2.29. The van der Waals surface area contributed by atoms with Gasteiger partial charge >= 0.3 is 11.9 Å². The summed E-state index contributed by atoms with van der Waals surface area (Å²) in [6, 6.07) is 4.95. The third-order valence-corrected chi connectivity index (χ3v) is 9.55. The lowest BCUT2D eigenvalue weighted by atomic mass is 10.1. The number of nitrogens with two attached hydrogens (primary N) is 1. The van der Waals surface area contributed by atoms with Crippen molar-refractivity contribution in [2.75, 3.05) is 70.5 Å². The molecule has 5 rings (SSSR count). The number of carboxylic acid groups (broad SMARTS) is 1. The maximum absolute atomic E-state index is 13.6. The summed E-state index contributed by atoms with van der Waals surface area (Å²) >= 11 is 0. The number of nitrogen functional groups attached to an aromatic ring is 1. The molecule has 7 N–H and O–H groups in total. The number of rotatable bonds is 30. The molecule has 5 aromatic rings. The van der Waals surface area contributed by atoms with Crippen molar-refractivity contribution in [3.8, 4) is 5.75 Å². The van der Waals surface area contributed by atoms with Gasteiger partial charge in [-0.2, -0.15) is 13.8 Å². The first-order chi connectivity index (χ1) is 33.2. The number of carboxylic acids is 1. The van der Waals surface area contributed by atoms with Gasteiger partial charge in [0.1, 0.15) is 6.04 Å². The van der Waals surface area contributed by atoms with Crippen molar-refractivity contribution in [2.45, 2.75) is 57.7 Å². The van der Waals surface area contributed by atoms with Gasteiger partial charge in [-0.3, -0.25) is 24.2 Å². The lowest BCUT2D eigenvalue weighted by Gasteiger charge is -2.15. The number of unbranched alkanes of at least 4 members (excludes halogenated alkanes) is 1. The number of nitrogens with zero attached hydrogens (tertiary/aromatic N) is 6. The number of anilines is 2. The third kappa shape index (κ3) is 16.8. The fourth-order valence-corrected chi connectivity index (χ4v) is 5.99. The zero-order valence-electron chi connectivity index (χ0n) is 36.7. The number of halogens is 5. The zero-order valence-corrected chi connectivity index (χ0v) is 36.7. The van der Waals surface area contributed by atoms with Crippen LogP contribution in [0.1, 0.15) is 53.8 Å². The quantitative estimate of drug-likeness (QED) is 0.00961. The van der Waals surface area contributed by atoms with Crippen LogP contribution in [0, 0.1) is 29.1 Å². The third-order valence-electron chi connectivity index (χ3n) is 9.55. The molecule has 3 aromatic heterocycles. The molecule has 0 spiro atoms. The number of H-pyrrole nitrogens is 1. The van der Waals surface area contributed by atoms with Gasteiger partial charge < -0.3 is 50.5 Å². The van der Waals surface area contributed by atoms with Gasteiger partial charge in [-0.1, -0.05) is 5.21 Å². The lowest BCUT2D eigenvalue weighted by molar-refractivity contribution is -0.139. The van der Waals surface area contributed by atoms with Gasteiger partial charge in [-0.15, -0.1) is 5.10 Å². The maximum Gasteiger partial charge on any atom is 0.326 e. The Morgan fingerprint density at radius 2 is 1.43 bits per heavy atom. The Labute approximate surface area is 388 Å². The van der Waals surface area contributed by atoms with Crippen LogP contribution < -0.4 is 32.0 Å². The largest absolute Gasteiger partial charge is 0.480 e. The molecule has 0 saturated carbocycles. The van der Waals surface area contributed by atoms with Crippen LogP contribution in [0.15, 0.2) is 41.5 Å². The van der Waals surface area contributed by atoms with Crippen LogP contribution in [-0.4, -0.2) is 129 Å². The zero-order chi connectivity index (χ0) is 49.7. The number of nitrogens with one attached hydrogen (secondary N) is 4. The van der Waals surface area contributed by atoms with E-state index < -0.39 is 70.7 Å². The average Bonchev–Trinajstić information content (AvgIpc) is 3.79. The first kappa shape index (κ1) is 52.7. The van der Waals surface area contributed by atoms with Crippen LogP contribution in [0.3, 0.4) is 0 Å². The predicted octanol–water partition coefficient (Wildman–Crippen LogP) is 2.36. The minimum absolute atomic E-state index is 0.0376. The topological polar surface area (TPSA) is 299 Å². The molecule has 2 amide bonds. The molecule has 0 aliphatic carbocycles. The van der Waals surface area contributed by atoms with E-state index in [1.165, 1.54) is 18.3 Å². The van der Waals surface area contributed by atoms with Gasteiger partial charge in [-0.05, 0) is 49.9 Å². The molecule has 0 aliphatic heterocycles. The SMILES string of the molecule is Nc1nc2ncc(CNc3ccc(C(=O)N[C@@H](CCC(=O)NCCCCc4cn(CCOCCOCCOCCOCCC(=O)Oc5c(F)c(F)c(F)c(F)c5F)nn4)C(=O)O)cc3)nc2c(=O)[nH]1. The number of aromatic nitrogens is 7. The summed E-state index contributed by atoms with van der Waals surface area (Å²) in [5, 5.41) is 26.2. The molecule has 2 aromatic carbocycles. The Balaban J connectivity index is 0.832. The van der Waals surface area contributed by atoms with Gasteiger partial charge in [0.15, 0.2) is 11.2 Å². The number of benzene rings is 2. The molecule has 3 heterocycles. The van der Waals surface area contributed by atoms with Gasteiger partial charge in [0.25, 0.3) is 11.5 Å². The van der Waals surface area contributed by atoms with E-state index >= 15 is 0 Å². The summed E-state index contributed by atoms with van der Waals surface area (Å²) in [4.78, 5) is 75.7. The summed E-state index contributed by atoms with van der Waals surface area (Å²) in [7, 11) is 0. The molecular weight excluding hydrogens is 930 g/mol. The van der Waals surface area contributed by atoms with Crippen LogP contribution in [0.5, 0.6) is 5.75 Å². The highest BCUT2D eigenvalue weighted by atomic mass is 19.2. The number of aryl methyl sites for hydroxylation is 1. The molecule has 372 valence electrons. The summed E-state index contributed by atoms with van der Waals surface area (Å²) < 4.78 is 94.1. The number of amides is 2. The fourth-order valence-electron chi connectivity index (χ4n) is 5.99. The van der Waals surface area contributed by atoms with Gasteiger partial charge in [0.2, 0.25) is 46.7 Å². The maximum atomic E-state index is 13.6. The Hall–Kier alpha value is -7.23. The number of aliphatic carboxylic acids is 1. The molecule has 0 unspecified atom stereocenters. The number of carbonyl (C=O) groups excluding carboxylic acids is 3. The normalized spacial score (nSPS) is 11.7. The van der Waals surface area contributed by atoms with Crippen LogP contribution in [0.4, 0.5) is 33.6 Å². The second-order valence-electron chi connectivity index (χ2n) is 14.7. The Bertz CT molecular complexity index is 2560. The summed E-state index contributed by atoms with van der Waals surface area (Å²) in [6.45, 7) is 2.37. The van der Waals surface area contributed by atoms with Gasteiger partial charge in [0.05, 0.1) is 90.0 Å². The first-order valence-corrected chi connectivity index (χ1v) is 21.3. The molecule has 0 radical (unpaired) electrons. The number of hydrogen-bond acceptors (Lipinski definition) is 17. The van der Waals surface area contributed by atoms with E-state index in [2.05, 4.69) is 50.9 Å². The average molecular weight is 978 g/mol. The van der Waals surface area contributed by atoms with E-state index in [9.17, 15) is 51.0 Å². The van der Waals surface area contributed by atoms with E-state index in [0.29, 0.717) is 63.6 Å². The highest BCUT2D eigenvalue weighted by Gasteiger charge is 2.28. The minimum Gasteiger partial charge on any atom is -0.480 e. The van der Waals surface area contributed by atoms with Crippen molar-refractivity contribution in [3.05, 3.63) is 93.1 Å². The number of esters is 1. The van der Waals surface area contributed by atoms with Crippen LogP contribution in [0.25, 0.3) is 11.2 Å². The Morgan fingerprint density at radius 3 is 2.10 bits per heavy atom. The molecule has 0 fully saturated rings. The van der Waals surface area contributed by atoms with Gasteiger partial charge in [0, 0.05) is 30.4 Å².